The highest BCUT2D eigenvalue weighted by atomic mass is 127. The van der Waals surface area contributed by atoms with Gasteiger partial charge in [0.2, 0.25) is 0 Å². The maximum atomic E-state index is 10.7. The van der Waals surface area contributed by atoms with Crippen LogP contribution < -0.4 is 0 Å². The van der Waals surface area contributed by atoms with Crippen LogP contribution in [0.3, 0.4) is 0 Å². The highest BCUT2D eigenvalue weighted by Gasteiger charge is 2.13. The van der Waals surface area contributed by atoms with Gasteiger partial charge in [-0.2, -0.15) is 8.42 Å². The largest absolute Gasteiger partial charge is 0.295 e. The number of halogens is 2. The summed E-state index contributed by atoms with van der Waals surface area (Å²) in [7, 11) is -4.06. The van der Waals surface area contributed by atoms with Gasteiger partial charge in [-0.25, -0.2) is 0 Å². The van der Waals surface area contributed by atoms with E-state index in [2.05, 4.69) is 22.6 Å². The van der Waals surface area contributed by atoms with E-state index in [-0.39, 0.29) is 4.90 Å². The third kappa shape index (κ3) is 2.54. The Morgan fingerprint density at radius 1 is 1.25 bits per heavy atom. The standard InChI is InChI=1S/C6H4I2O3S/c7-4-1-2-6(5(8)3-4)12(9,10)11/h1-3H,(H,9,10,11). The average Bonchev–Trinajstić information content (AvgIpc) is 1.83. The first-order valence-electron chi connectivity index (χ1n) is 2.84. The summed E-state index contributed by atoms with van der Waals surface area (Å²) >= 11 is 3.94. The van der Waals surface area contributed by atoms with Crippen molar-refractivity contribution < 1.29 is 13.0 Å². The number of benzene rings is 1. The average molecular weight is 410 g/mol. The first-order valence-corrected chi connectivity index (χ1v) is 6.43. The molecule has 3 nitrogen and oxygen atoms in total. The van der Waals surface area contributed by atoms with E-state index in [4.69, 9.17) is 4.55 Å². The topological polar surface area (TPSA) is 54.4 Å². The predicted molar refractivity (Wildman–Crippen MR) is 61.7 cm³/mol. The van der Waals surface area contributed by atoms with Crippen LogP contribution >= 0.6 is 45.2 Å². The van der Waals surface area contributed by atoms with Crippen molar-refractivity contribution in [2.24, 2.45) is 0 Å². The maximum Gasteiger partial charge on any atom is 0.295 e. The number of hydrogen-bond acceptors (Lipinski definition) is 2. The Balaban J connectivity index is 3.39. The van der Waals surface area contributed by atoms with Crippen molar-refractivity contribution >= 4 is 55.3 Å². The van der Waals surface area contributed by atoms with Gasteiger partial charge in [0.15, 0.2) is 0 Å². The second-order valence-electron chi connectivity index (χ2n) is 2.05. The van der Waals surface area contributed by atoms with Gasteiger partial charge in [-0.1, -0.05) is 0 Å². The Bertz CT molecular complexity index is 399. The summed E-state index contributed by atoms with van der Waals surface area (Å²) in [5.41, 5.74) is 0. The van der Waals surface area contributed by atoms with Crippen molar-refractivity contribution in [3.8, 4) is 0 Å². The summed E-state index contributed by atoms with van der Waals surface area (Å²) in [6.07, 6.45) is 0. The van der Waals surface area contributed by atoms with Crippen LogP contribution in [0.25, 0.3) is 0 Å². The number of hydrogen-bond donors (Lipinski definition) is 1. The van der Waals surface area contributed by atoms with Gasteiger partial charge in [-0.3, -0.25) is 4.55 Å². The van der Waals surface area contributed by atoms with E-state index in [0.717, 1.165) is 3.57 Å². The van der Waals surface area contributed by atoms with Crippen LogP contribution in [-0.4, -0.2) is 13.0 Å². The van der Waals surface area contributed by atoms with Crippen LogP contribution in [-0.2, 0) is 10.1 Å². The summed E-state index contributed by atoms with van der Waals surface area (Å²) in [6.45, 7) is 0. The van der Waals surface area contributed by atoms with Gasteiger partial charge in [0.1, 0.15) is 4.90 Å². The first kappa shape index (κ1) is 10.7. The Kier molecular flexibility index (Phi) is 3.34. The van der Waals surface area contributed by atoms with E-state index >= 15 is 0 Å². The lowest BCUT2D eigenvalue weighted by Crippen LogP contribution is -2.00. The van der Waals surface area contributed by atoms with E-state index in [1.54, 1.807) is 12.1 Å². The molecule has 0 fully saturated rings. The summed E-state index contributed by atoms with van der Waals surface area (Å²) in [4.78, 5) is -0.0384. The van der Waals surface area contributed by atoms with E-state index in [1.165, 1.54) is 6.07 Å². The van der Waals surface area contributed by atoms with E-state index < -0.39 is 10.1 Å². The van der Waals surface area contributed by atoms with Crippen molar-refractivity contribution in [3.63, 3.8) is 0 Å². The molecule has 0 aliphatic heterocycles. The minimum absolute atomic E-state index is 0.0384. The van der Waals surface area contributed by atoms with Crippen LogP contribution in [0.5, 0.6) is 0 Å². The zero-order chi connectivity index (χ0) is 9.35. The number of rotatable bonds is 1. The molecule has 1 aromatic rings. The molecule has 0 atom stereocenters. The molecule has 6 heteroatoms. The minimum Gasteiger partial charge on any atom is -0.282 e. The van der Waals surface area contributed by atoms with E-state index in [0.29, 0.717) is 3.57 Å². The molecule has 0 saturated carbocycles. The molecule has 0 aliphatic rings. The summed E-state index contributed by atoms with van der Waals surface area (Å²) in [5, 5.41) is 0. The molecule has 0 heterocycles. The summed E-state index contributed by atoms with van der Waals surface area (Å²) < 4.78 is 31.6. The molecule has 1 rings (SSSR count). The highest BCUT2D eigenvalue weighted by Crippen LogP contribution is 2.19. The molecule has 1 aromatic carbocycles. The smallest absolute Gasteiger partial charge is 0.282 e. The molecule has 0 saturated heterocycles. The fraction of sp³-hybridized carbons (Fsp3) is 0. The van der Waals surface area contributed by atoms with Crippen LogP contribution in [0.4, 0.5) is 0 Å². The third-order valence-electron chi connectivity index (χ3n) is 1.17. The molecule has 0 unspecified atom stereocenters. The Morgan fingerprint density at radius 2 is 1.83 bits per heavy atom. The molecule has 12 heavy (non-hydrogen) atoms. The lowest BCUT2D eigenvalue weighted by molar-refractivity contribution is 0.482. The van der Waals surface area contributed by atoms with Crippen LogP contribution in [0.2, 0.25) is 0 Å². The molecule has 0 spiro atoms. The lowest BCUT2D eigenvalue weighted by Gasteiger charge is -1.99. The van der Waals surface area contributed by atoms with Crippen LogP contribution in [0.15, 0.2) is 23.1 Å². The fourth-order valence-electron chi connectivity index (χ4n) is 0.684. The predicted octanol–water partition coefficient (Wildman–Crippen LogP) is 2.14. The normalized spacial score (nSPS) is 11.6. The van der Waals surface area contributed by atoms with Gasteiger partial charge < -0.3 is 0 Å². The third-order valence-corrected chi connectivity index (χ3v) is 4.01. The molecule has 0 bridgehead atoms. The molecule has 0 radical (unpaired) electrons. The van der Waals surface area contributed by atoms with Crippen LogP contribution in [0, 0.1) is 7.14 Å². The van der Waals surface area contributed by atoms with Crippen molar-refractivity contribution in [1.29, 1.82) is 0 Å². The maximum absolute atomic E-state index is 10.7. The Morgan fingerprint density at radius 3 is 2.25 bits per heavy atom. The summed E-state index contributed by atoms with van der Waals surface area (Å²) in [5.74, 6) is 0. The molecule has 0 aliphatic carbocycles. The zero-order valence-corrected chi connectivity index (χ0v) is 10.8. The molecular formula is C6H4I2O3S. The van der Waals surface area contributed by atoms with Crippen molar-refractivity contribution in [2.75, 3.05) is 0 Å². The van der Waals surface area contributed by atoms with Gasteiger partial charge in [-0.05, 0) is 63.4 Å². The zero-order valence-electron chi connectivity index (χ0n) is 5.66. The molecule has 66 valence electrons. The quantitative estimate of drug-likeness (QED) is 0.571. The second-order valence-corrected chi connectivity index (χ2v) is 5.85. The molecule has 0 aromatic heterocycles. The van der Waals surface area contributed by atoms with Gasteiger partial charge >= 0.3 is 0 Å². The second kappa shape index (κ2) is 3.76. The minimum atomic E-state index is -4.06. The fourth-order valence-corrected chi connectivity index (χ4v) is 3.67. The highest BCUT2D eigenvalue weighted by molar-refractivity contribution is 14.1. The molecule has 0 amide bonds. The van der Waals surface area contributed by atoms with Crippen molar-refractivity contribution in [2.45, 2.75) is 4.90 Å². The van der Waals surface area contributed by atoms with Crippen molar-refractivity contribution in [3.05, 3.63) is 25.3 Å². The van der Waals surface area contributed by atoms with Gasteiger partial charge in [0.25, 0.3) is 10.1 Å². The Hall–Kier alpha value is 0.590. The SMILES string of the molecule is O=S(=O)(O)c1ccc(I)cc1I. The van der Waals surface area contributed by atoms with Gasteiger partial charge in [-0.15, -0.1) is 0 Å². The molecular weight excluding hydrogens is 406 g/mol. The van der Waals surface area contributed by atoms with Gasteiger partial charge in [0.05, 0.1) is 0 Å². The van der Waals surface area contributed by atoms with Crippen LogP contribution in [0.1, 0.15) is 0 Å². The Labute approximate surface area is 97.6 Å². The van der Waals surface area contributed by atoms with Crippen molar-refractivity contribution in [1.82, 2.24) is 0 Å². The lowest BCUT2D eigenvalue weighted by atomic mass is 10.4. The van der Waals surface area contributed by atoms with Gasteiger partial charge in [0, 0.05) is 7.14 Å². The van der Waals surface area contributed by atoms with E-state index in [1.807, 2.05) is 22.6 Å². The molecule has 1 N–H and O–H groups in total. The first-order chi connectivity index (χ1) is 5.41. The summed E-state index contributed by atoms with van der Waals surface area (Å²) in [6, 6.07) is 4.70. The van der Waals surface area contributed by atoms with E-state index in [9.17, 15) is 8.42 Å². The monoisotopic (exact) mass is 410 g/mol.